The third-order valence-corrected chi connectivity index (χ3v) is 4.20. The Morgan fingerprint density at radius 3 is 2.94 bits per heavy atom. The predicted molar refractivity (Wildman–Crippen MR) is 68.6 cm³/mol. The van der Waals surface area contributed by atoms with E-state index in [0.717, 1.165) is 36.2 Å². The molecule has 0 radical (unpaired) electrons. The molecule has 2 saturated heterocycles. The first kappa shape index (κ1) is 10.9. The van der Waals surface area contributed by atoms with E-state index in [2.05, 4.69) is 4.90 Å². The van der Waals surface area contributed by atoms with Crippen LogP contribution in [0.3, 0.4) is 0 Å². The molecule has 0 unspecified atom stereocenters. The Kier molecular flexibility index (Phi) is 2.71. The van der Waals surface area contributed by atoms with Gasteiger partial charge in [0.2, 0.25) is 0 Å². The number of nitrogens with two attached hydrogens (primary N) is 1. The zero-order chi connectivity index (χ0) is 11.8. The summed E-state index contributed by atoms with van der Waals surface area (Å²) in [5.74, 6) is 2.24. The molecule has 0 amide bonds. The molecule has 3 nitrogen and oxygen atoms in total. The highest BCUT2D eigenvalue weighted by molar-refractivity contribution is 5.47. The molecule has 1 aromatic rings. The number of rotatable bonds is 2. The van der Waals surface area contributed by atoms with Crippen LogP contribution >= 0.6 is 0 Å². The van der Waals surface area contributed by atoms with E-state index in [1.165, 1.54) is 25.8 Å². The van der Waals surface area contributed by atoms with Crippen LogP contribution in [0.5, 0.6) is 5.75 Å². The van der Waals surface area contributed by atoms with E-state index in [1.807, 2.05) is 6.07 Å². The van der Waals surface area contributed by atoms with E-state index >= 15 is 0 Å². The third kappa shape index (κ3) is 2.25. The van der Waals surface area contributed by atoms with Crippen molar-refractivity contribution in [1.82, 2.24) is 4.90 Å². The Bertz CT molecular complexity index is 413. The van der Waals surface area contributed by atoms with Crippen LogP contribution in [0.1, 0.15) is 24.8 Å². The number of benzene rings is 1. The summed E-state index contributed by atoms with van der Waals surface area (Å²) in [4.78, 5) is 2.46. The average Bonchev–Trinajstić information content (AvgIpc) is 2.55. The maximum atomic E-state index is 9.83. The van der Waals surface area contributed by atoms with Crippen LogP contribution in [0.25, 0.3) is 0 Å². The van der Waals surface area contributed by atoms with E-state index in [9.17, 15) is 5.11 Å². The van der Waals surface area contributed by atoms with E-state index in [4.69, 9.17) is 5.73 Å². The molecule has 2 heterocycles. The second-order valence-electron chi connectivity index (χ2n) is 5.62. The van der Waals surface area contributed by atoms with Gasteiger partial charge in [-0.1, -0.05) is 0 Å². The number of phenolic OH excluding ortho intramolecular Hbond substituents is 1. The summed E-state index contributed by atoms with van der Waals surface area (Å²) < 4.78 is 0. The summed E-state index contributed by atoms with van der Waals surface area (Å²) in [6, 6.07) is 5.34. The molecule has 1 aromatic carbocycles. The number of aromatic hydroxyl groups is 1. The molecule has 0 aromatic heterocycles. The quantitative estimate of drug-likeness (QED) is 0.607. The molecule has 1 aliphatic carbocycles. The van der Waals surface area contributed by atoms with Gasteiger partial charge in [0.15, 0.2) is 0 Å². The van der Waals surface area contributed by atoms with Crippen molar-refractivity contribution >= 4 is 5.69 Å². The normalized spacial score (nSPS) is 28.5. The first-order valence-corrected chi connectivity index (χ1v) is 6.50. The molecule has 0 spiro atoms. The second kappa shape index (κ2) is 4.22. The fraction of sp³-hybridized carbons (Fsp3) is 0.571. The lowest BCUT2D eigenvalue weighted by atomic mass is 9.75. The predicted octanol–water partition coefficient (Wildman–Crippen LogP) is 2.21. The SMILES string of the molecule is Nc1ccc(O)c(CN2CCC3CC(C3)C2)c1. The highest BCUT2D eigenvalue weighted by Crippen LogP contribution is 2.40. The second-order valence-corrected chi connectivity index (χ2v) is 5.62. The molecule has 3 fully saturated rings. The molecule has 1 saturated carbocycles. The number of hydrogen-bond acceptors (Lipinski definition) is 3. The molecule has 4 rings (SSSR count). The van der Waals surface area contributed by atoms with Gasteiger partial charge in [-0.15, -0.1) is 0 Å². The van der Waals surface area contributed by atoms with E-state index in [-0.39, 0.29) is 0 Å². The van der Waals surface area contributed by atoms with Crippen LogP contribution < -0.4 is 5.73 Å². The maximum absolute atomic E-state index is 9.83. The maximum Gasteiger partial charge on any atom is 0.120 e. The van der Waals surface area contributed by atoms with Crippen molar-refractivity contribution < 1.29 is 5.11 Å². The molecule has 3 aliphatic rings. The summed E-state index contributed by atoms with van der Waals surface area (Å²) in [5.41, 5.74) is 7.46. The Hall–Kier alpha value is -1.22. The van der Waals surface area contributed by atoms with Crippen molar-refractivity contribution in [3.8, 4) is 5.75 Å². The summed E-state index contributed by atoms with van der Waals surface area (Å²) in [5, 5.41) is 9.83. The standard InChI is InChI=1S/C14H20N2O/c15-13-1-2-14(17)12(7-13)9-16-4-3-10-5-11(6-10)8-16/h1-2,7,10-11,17H,3-6,8-9,15H2. The Morgan fingerprint density at radius 2 is 2.12 bits per heavy atom. The Morgan fingerprint density at radius 1 is 1.29 bits per heavy atom. The smallest absolute Gasteiger partial charge is 0.120 e. The number of hydrogen-bond donors (Lipinski definition) is 2. The summed E-state index contributed by atoms with van der Waals surface area (Å²) >= 11 is 0. The molecule has 3 heteroatoms. The van der Waals surface area contributed by atoms with Crippen LogP contribution in [0, 0.1) is 11.8 Å². The topological polar surface area (TPSA) is 49.5 Å². The molecular weight excluding hydrogens is 212 g/mol. The molecular formula is C14H20N2O. The number of nitrogens with zero attached hydrogens (tertiary/aromatic N) is 1. The van der Waals surface area contributed by atoms with Gasteiger partial charge in [-0.3, -0.25) is 4.90 Å². The van der Waals surface area contributed by atoms with Crippen molar-refractivity contribution in [2.75, 3.05) is 18.8 Å². The van der Waals surface area contributed by atoms with Crippen molar-refractivity contribution in [2.45, 2.75) is 25.8 Å². The van der Waals surface area contributed by atoms with Gasteiger partial charge in [-0.2, -0.15) is 0 Å². The first-order valence-electron chi connectivity index (χ1n) is 6.50. The third-order valence-electron chi connectivity index (χ3n) is 4.20. The van der Waals surface area contributed by atoms with Crippen molar-refractivity contribution in [3.63, 3.8) is 0 Å². The Labute approximate surface area is 102 Å². The van der Waals surface area contributed by atoms with Crippen LogP contribution in [0.4, 0.5) is 5.69 Å². The molecule has 2 bridgehead atoms. The van der Waals surface area contributed by atoms with Gasteiger partial charge in [-0.25, -0.2) is 0 Å². The van der Waals surface area contributed by atoms with Crippen LogP contribution in [0.15, 0.2) is 18.2 Å². The Balaban J connectivity index is 1.71. The molecule has 92 valence electrons. The minimum absolute atomic E-state index is 0.371. The van der Waals surface area contributed by atoms with Gasteiger partial charge >= 0.3 is 0 Å². The summed E-state index contributed by atoms with van der Waals surface area (Å²) in [6.45, 7) is 3.18. The molecule has 3 N–H and O–H groups in total. The van der Waals surface area contributed by atoms with Crippen LogP contribution in [-0.4, -0.2) is 23.1 Å². The number of nitrogen functional groups attached to an aromatic ring is 1. The lowest BCUT2D eigenvalue weighted by Crippen LogP contribution is -2.29. The number of phenols is 1. The zero-order valence-corrected chi connectivity index (χ0v) is 10.1. The fourth-order valence-corrected chi connectivity index (χ4v) is 3.20. The van der Waals surface area contributed by atoms with Gasteiger partial charge in [0.1, 0.15) is 5.75 Å². The highest BCUT2D eigenvalue weighted by atomic mass is 16.3. The van der Waals surface area contributed by atoms with Crippen molar-refractivity contribution in [3.05, 3.63) is 23.8 Å². The summed E-state index contributed by atoms with van der Waals surface area (Å²) in [7, 11) is 0. The van der Waals surface area contributed by atoms with Gasteiger partial charge in [0.25, 0.3) is 0 Å². The lowest BCUT2D eigenvalue weighted by Gasteiger charge is -2.32. The minimum Gasteiger partial charge on any atom is -0.508 e. The van der Waals surface area contributed by atoms with Crippen LogP contribution in [0.2, 0.25) is 0 Å². The zero-order valence-electron chi connectivity index (χ0n) is 10.1. The number of anilines is 1. The summed E-state index contributed by atoms with van der Waals surface area (Å²) in [6.07, 6.45) is 4.15. The number of fused-ring (bicyclic) bond motifs is 3. The monoisotopic (exact) mass is 232 g/mol. The largest absolute Gasteiger partial charge is 0.508 e. The van der Waals surface area contributed by atoms with Gasteiger partial charge in [0.05, 0.1) is 0 Å². The average molecular weight is 232 g/mol. The first-order chi connectivity index (χ1) is 8.20. The molecule has 2 aliphatic heterocycles. The lowest BCUT2D eigenvalue weighted by molar-refractivity contribution is 0.183. The molecule has 0 atom stereocenters. The molecule has 17 heavy (non-hydrogen) atoms. The van der Waals surface area contributed by atoms with Gasteiger partial charge < -0.3 is 10.8 Å². The fourth-order valence-electron chi connectivity index (χ4n) is 3.20. The van der Waals surface area contributed by atoms with Gasteiger partial charge in [-0.05, 0) is 55.8 Å². The highest BCUT2D eigenvalue weighted by Gasteiger charge is 2.33. The van der Waals surface area contributed by atoms with Crippen LogP contribution in [-0.2, 0) is 6.54 Å². The van der Waals surface area contributed by atoms with E-state index in [0.29, 0.717) is 5.75 Å². The van der Waals surface area contributed by atoms with E-state index < -0.39 is 0 Å². The van der Waals surface area contributed by atoms with Crippen molar-refractivity contribution in [1.29, 1.82) is 0 Å². The van der Waals surface area contributed by atoms with Crippen molar-refractivity contribution in [2.24, 2.45) is 11.8 Å². The van der Waals surface area contributed by atoms with Gasteiger partial charge in [0, 0.05) is 24.3 Å². The van der Waals surface area contributed by atoms with E-state index in [1.54, 1.807) is 12.1 Å². The minimum atomic E-state index is 0.371.